The Hall–Kier alpha value is -3.60. The lowest BCUT2D eigenvalue weighted by molar-refractivity contribution is -0.401. The molecule has 2 aromatic rings. The molecule has 0 radical (unpaired) electrons. The second kappa shape index (κ2) is 8.56. The normalized spacial score (nSPS) is 19.5. The minimum absolute atomic E-state index is 0.309. The van der Waals surface area contributed by atoms with E-state index in [-0.39, 0.29) is 10.8 Å². The predicted molar refractivity (Wildman–Crippen MR) is 143 cm³/mol. The fraction of sp³-hybridized carbons (Fsp3) is 0.300. The van der Waals surface area contributed by atoms with Crippen LogP contribution >= 0.6 is 11.6 Å². The van der Waals surface area contributed by atoms with Gasteiger partial charge in [-0.15, -0.1) is 0 Å². The van der Waals surface area contributed by atoms with Gasteiger partial charge in [0.25, 0.3) is 0 Å². The van der Waals surface area contributed by atoms with Crippen molar-refractivity contribution in [3.05, 3.63) is 93.2 Å². The van der Waals surface area contributed by atoms with Crippen LogP contribution in [-0.2, 0) is 10.8 Å². The van der Waals surface area contributed by atoms with Crippen LogP contribution in [0.15, 0.2) is 71.5 Å². The Balaban J connectivity index is 1.76. The number of halogens is 1. The molecule has 0 spiro atoms. The van der Waals surface area contributed by atoms with Crippen molar-refractivity contribution in [2.45, 2.75) is 45.4 Å². The van der Waals surface area contributed by atoms with E-state index in [1.165, 1.54) is 11.1 Å². The van der Waals surface area contributed by atoms with Gasteiger partial charge in [0.05, 0.1) is 11.0 Å². The Morgan fingerprint density at radius 3 is 2.37 bits per heavy atom. The third kappa shape index (κ3) is 3.79. The smallest absolute Gasteiger partial charge is 0.209 e. The molecule has 4 nitrogen and oxygen atoms in total. The van der Waals surface area contributed by atoms with Gasteiger partial charge in [-0.3, -0.25) is 0 Å². The van der Waals surface area contributed by atoms with Crippen molar-refractivity contribution in [2.24, 2.45) is 0 Å². The summed E-state index contributed by atoms with van der Waals surface area (Å²) in [7, 11) is 3.98. The third-order valence-electron chi connectivity index (χ3n) is 7.31. The standard InChI is InChI=1S/C30H30ClN4/c1-19-11-13-25-23(15-19)29(2,3)27(34(25)6)20(17-32)9-8-10-21(18-33)28-30(4,5)24-16-22(31)12-14-26(24)35(28)7/h8-16H,1-7H3/q+1. The van der Waals surface area contributed by atoms with E-state index in [0.717, 1.165) is 28.3 Å². The topological polar surface area (TPSA) is 53.8 Å². The summed E-state index contributed by atoms with van der Waals surface area (Å²) in [6.45, 7) is 10.6. The Labute approximate surface area is 213 Å². The van der Waals surface area contributed by atoms with Crippen molar-refractivity contribution >= 4 is 28.7 Å². The van der Waals surface area contributed by atoms with Crippen LogP contribution in [0, 0.1) is 29.6 Å². The monoisotopic (exact) mass is 481 g/mol. The van der Waals surface area contributed by atoms with Gasteiger partial charge in [0, 0.05) is 40.5 Å². The van der Waals surface area contributed by atoms with E-state index in [9.17, 15) is 10.5 Å². The number of fused-ring (bicyclic) bond motifs is 2. The first-order valence-corrected chi connectivity index (χ1v) is 12.0. The molecule has 4 rings (SSSR count). The summed E-state index contributed by atoms with van der Waals surface area (Å²) in [6, 6.07) is 17.0. The predicted octanol–water partition coefficient (Wildman–Crippen LogP) is 6.87. The van der Waals surface area contributed by atoms with Gasteiger partial charge in [-0.1, -0.05) is 49.2 Å². The second-order valence-corrected chi connectivity index (χ2v) is 10.8. The quantitative estimate of drug-likeness (QED) is 0.273. The maximum atomic E-state index is 10.1. The molecule has 0 N–H and O–H groups in total. The van der Waals surface area contributed by atoms with Crippen molar-refractivity contribution in [2.75, 3.05) is 19.0 Å². The van der Waals surface area contributed by atoms with Gasteiger partial charge in [0.2, 0.25) is 11.4 Å². The molecule has 0 amide bonds. The van der Waals surface area contributed by atoms with E-state index in [1.807, 2.05) is 44.4 Å². The summed E-state index contributed by atoms with van der Waals surface area (Å²) in [5, 5.41) is 20.8. The molecule has 2 heterocycles. The van der Waals surface area contributed by atoms with Crippen molar-refractivity contribution in [1.29, 1.82) is 10.5 Å². The molecule has 0 atom stereocenters. The summed E-state index contributed by atoms with van der Waals surface area (Å²) in [4.78, 5) is 2.11. The molecule has 5 heteroatoms. The molecular formula is C30H30ClN4+. The highest BCUT2D eigenvalue weighted by atomic mass is 35.5. The molecule has 0 fully saturated rings. The van der Waals surface area contributed by atoms with Crippen LogP contribution in [-0.4, -0.2) is 24.4 Å². The van der Waals surface area contributed by atoms with Crippen LogP contribution in [0.3, 0.4) is 0 Å². The van der Waals surface area contributed by atoms with Gasteiger partial charge in [0.1, 0.15) is 24.8 Å². The van der Waals surface area contributed by atoms with E-state index in [0.29, 0.717) is 16.2 Å². The Morgan fingerprint density at radius 1 is 1.00 bits per heavy atom. The highest BCUT2D eigenvalue weighted by molar-refractivity contribution is 6.30. The van der Waals surface area contributed by atoms with Crippen LogP contribution in [0.1, 0.15) is 44.4 Å². The van der Waals surface area contributed by atoms with Crippen molar-refractivity contribution in [3.8, 4) is 12.1 Å². The zero-order valence-corrected chi connectivity index (χ0v) is 22.1. The van der Waals surface area contributed by atoms with Crippen LogP contribution in [0.4, 0.5) is 11.4 Å². The molecule has 0 bridgehead atoms. The van der Waals surface area contributed by atoms with Gasteiger partial charge in [-0.2, -0.15) is 15.1 Å². The maximum absolute atomic E-state index is 10.1. The molecule has 2 aliphatic rings. The molecule has 35 heavy (non-hydrogen) atoms. The highest BCUT2D eigenvalue weighted by Crippen LogP contribution is 2.48. The lowest BCUT2D eigenvalue weighted by Crippen LogP contribution is -2.29. The highest BCUT2D eigenvalue weighted by Gasteiger charge is 2.46. The average molecular weight is 482 g/mol. The van der Waals surface area contributed by atoms with Crippen LogP contribution in [0.2, 0.25) is 5.02 Å². The summed E-state index contributed by atoms with van der Waals surface area (Å²) in [6.07, 6.45) is 5.43. The Morgan fingerprint density at radius 2 is 1.71 bits per heavy atom. The number of allylic oxidation sites excluding steroid dienone is 6. The van der Waals surface area contributed by atoms with Crippen LogP contribution in [0.25, 0.3) is 0 Å². The number of benzene rings is 2. The molecule has 0 aliphatic carbocycles. The van der Waals surface area contributed by atoms with Gasteiger partial charge < -0.3 is 4.90 Å². The summed E-state index contributed by atoms with van der Waals surface area (Å²) < 4.78 is 2.06. The van der Waals surface area contributed by atoms with E-state index < -0.39 is 0 Å². The largest absolute Gasteiger partial charge is 0.346 e. The van der Waals surface area contributed by atoms with E-state index in [2.05, 4.69) is 74.4 Å². The summed E-state index contributed by atoms with van der Waals surface area (Å²) in [5.41, 5.74) is 7.98. The number of hydrogen-bond acceptors (Lipinski definition) is 3. The third-order valence-corrected chi connectivity index (χ3v) is 7.55. The van der Waals surface area contributed by atoms with E-state index >= 15 is 0 Å². The number of hydrogen-bond donors (Lipinski definition) is 0. The number of likely N-dealkylation sites (N-methyl/N-ethyl adjacent to an activating group) is 1. The number of aryl methyl sites for hydroxylation is 1. The second-order valence-electron chi connectivity index (χ2n) is 10.3. The average Bonchev–Trinajstić information content (AvgIpc) is 3.12. The Bertz CT molecular complexity index is 1450. The SMILES string of the molecule is Cc1ccc2c(c1)C(C)(C)/C(=C(C#N)/C=C/C=C(\C#N)C1=[N+](C)c3ccc(Cl)cc3C1(C)C)N2C. The van der Waals surface area contributed by atoms with E-state index in [4.69, 9.17) is 11.6 Å². The van der Waals surface area contributed by atoms with Crippen molar-refractivity contribution < 1.29 is 4.58 Å². The van der Waals surface area contributed by atoms with Gasteiger partial charge >= 0.3 is 0 Å². The first-order chi connectivity index (χ1) is 16.4. The molecule has 2 aliphatic heterocycles. The molecular weight excluding hydrogens is 452 g/mol. The molecule has 0 aromatic heterocycles. The molecule has 176 valence electrons. The number of rotatable bonds is 3. The maximum Gasteiger partial charge on any atom is 0.209 e. The molecule has 2 aromatic carbocycles. The lowest BCUT2D eigenvalue weighted by Gasteiger charge is -2.25. The fourth-order valence-corrected chi connectivity index (χ4v) is 5.86. The number of anilines is 1. The van der Waals surface area contributed by atoms with Crippen LogP contribution < -0.4 is 4.90 Å². The number of nitriles is 2. The molecule has 0 saturated heterocycles. The summed E-state index contributed by atoms with van der Waals surface area (Å²) >= 11 is 6.27. The zero-order valence-electron chi connectivity index (χ0n) is 21.4. The van der Waals surface area contributed by atoms with Gasteiger partial charge in [-0.25, -0.2) is 0 Å². The Kier molecular flexibility index (Phi) is 6.00. The van der Waals surface area contributed by atoms with Crippen LogP contribution in [0.5, 0.6) is 0 Å². The minimum Gasteiger partial charge on any atom is -0.346 e. The van der Waals surface area contributed by atoms with Gasteiger partial charge in [-0.05, 0) is 56.7 Å². The fourth-order valence-electron chi connectivity index (χ4n) is 5.69. The zero-order chi connectivity index (χ0) is 25.7. The summed E-state index contributed by atoms with van der Waals surface area (Å²) in [5.74, 6) is 0. The van der Waals surface area contributed by atoms with E-state index in [1.54, 1.807) is 6.08 Å². The molecule has 0 saturated carbocycles. The number of nitrogens with zero attached hydrogens (tertiary/aromatic N) is 4. The molecule has 0 unspecified atom stereocenters. The van der Waals surface area contributed by atoms with Gasteiger partial charge in [0.15, 0.2) is 0 Å². The van der Waals surface area contributed by atoms with Crippen molar-refractivity contribution in [3.63, 3.8) is 0 Å². The minimum atomic E-state index is -0.381. The lowest BCUT2D eigenvalue weighted by atomic mass is 9.79. The van der Waals surface area contributed by atoms with Crippen molar-refractivity contribution in [1.82, 2.24) is 0 Å². The first kappa shape index (κ1) is 24.5. The first-order valence-electron chi connectivity index (χ1n) is 11.6.